The van der Waals surface area contributed by atoms with E-state index in [0.29, 0.717) is 17.1 Å². The van der Waals surface area contributed by atoms with Crippen molar-refractivity contribution < 1.29 is 28.3 Å². The van der Waals surface area contributed by atoms with Crippen molar-refractivity contribution in [2.75, 3.05) is 13.6 Å². The van der Waals surface area contributed by atoms with Crippen LogP contribution in [0.5, 0.6) is 23.0 Å². The molecule has 0 aliphatic carbocycles. The molecule has 0 saturated heterocycles. The van der Waals surface area contributed by atoms with Gasteiger partial charge in [-0.3, -0.25) is 4.79 Å². The normalized spacial score (nSPS) is 15.1. The van der Waals surface area contributed by atoms with Crippen molar-refractivity contribution in [1.82, 2.24) is 0 Å². The number of carbonyl (C=O) groups excluding carboxylic acids is 1. The molecule has 3 aromatic rings. The van der Waals surface area contributed by atoms with E-state index in [1.54, 1.807) is 0 Å². The average molecular weight is 430 g/mol. The number of pyridine rings is 1. The maximum absolute atomic E-state index is 13.1. The van der Waals surface area contributed by atoms with E-state index in [1.807, 2.05) is 19.9 Å². The number of Topliss-reactive ketones (excluding diaryl/α,β-unsaturated/α-hetero) is 1. The third kappa shape index (κ3) is 2.52. The van der Waals surface area contributed by atoms with Crippen LogP contribution in [0.2, 0.25) is 0 Å². The van der Waals surface area contributed by atoms with Crippen LogP contribution in [0.3, 0.4) is 0 Å². The van der Waals surface area contributed by atoms with Crippen LogP contribution < -0.4 is 23.5 Å². The minimum atomic E-state index is -0.159. The number of hydrogen-bond acceptors (Lipinski definition) is 5. The fraction of sp³-hybridized carbons (Fsp3) is 0.308. The minimum absolute atomic E-state index is 0.0258. The van der Waals surface area contributed by atoms with E-state index in [2.05, 4.69) is 36.3 Å². The molecule has 3 aliphatic rings. The summed E-state index contributed by atoms with van der Waals surface area (Å²) < 4.78 is 25.1. The Labute approximate surface area is 186 Å². The van der Waals surface area contributed by atoms with Gasteiger partial charge in [-0.1, -0.05) is 20.4 Å². The zero-order valence-electron chi connectivity index (χ0n) is 18.4. The highest BCUT2D eigenvalue weighted by atomic mass is 16.7. The van der Waals surface area contributed by atoms with Gasteiger partial charge in [0.15, 0.2) is 35.3 Å². The number of allylic oxidation sites excluding steroid dienone is 1. The summed E-state index contributed by atoms with van der Waals surface area (Å²) in [5.74, 6) is 2.79. The molecule has 162 valence electrons. The number of ketones is 1. The summed E-state index contributed by atoms with van der Waals surface area (Å²) in [6, 6.07) is 8.13. The molecule has 2 aromatic carbocycles. The molecule has 0 atom stereocenters. The topological polar surface area (TPSA) is 57.9 Å². The molecule has 6 rings (SSSR count). The van der Waals surface area contributed by atoms with Crippen molar-refractivity contribution in [1.29, 1.82) is 0 Å². The molecule has 0 fully saturated rings. The summed E-state index contributed by atoms with van der Waals surface area (Å²) in [4.78, 5) is 13.1. The van der Waals surface area contributed by atoms with Crippen molar-refractivity contribution in [2.45, 2.75) is 33.7 Å². The van der Waals surface area contributed by atoms with Crippen molar-refractivity contribution >= 4 is 22.1 Å². The molecule has 0 radical (unpaired) electrons. The van der Waals surface area contributed by atoms with Crippen LogP contribution in [-0.2, 0) is 17.8 Å². The highest BCUT2D eigenvalue weighted by Crippen LogP contribution is 2.46. The second-order valence-electron chi connectivity index (χ2n) is 8.81. The first-order valence-corrected chi connectivity index (χ1v) is 10.9. The Morgan fingerprint density at radius 2 is 1.75 bits per heavy atom. The first-order chi connectivity index (χ1) is 15.5. The molecule has 0 bridgehead atoms. The zero-order valence-corrected chi connectivity index (χ0v) is 18.4. The summed E-state index contributed by atoms with van der Waals surface area (Å²) in [6.45, 7) is 11.3. The van der Waals surface area contributed by atoms with Crippen LogP contribution in [0.25, 0.3) is 27.6 Å². The monoisotopic (exact) mass is 430 g/mol. The minimum Gasteiger partial charge on any atom is -0.454 e. The number of aryl methyl sites for hydroxylation is 2. The third-order valence-electron chi connectivity index (χ3n) is 6.64. The standard InChI is InChI=1S/C26H24NO5/c1-13(2)25(28)15(4)24-22-17(5-6-19-26(22)32-12-29-19)14(3)23-18-10-21-20(30-11-31-21)9-16(18)7-8-27(23)24/h5-6,9-10,13H,4,7-8,11-12H2,1-3H3/q+1. The van der Waals surface area contributed by atoms with Gasteiger partial charge in [-0.2, -0.15) is 4.57 Å². The zero-order chi connectivity index (χ0) is 22.1. The van der Waals surface area contributed by atoms with Gasteiger partial charge in [-0.15, -0.1) is 0 Å². The van der Waals surface area contributed by atoms with Gasteiger partial charge in [-0.05, 0) is 36.8 Å². The fourth-order valence-electron chi connectivity index (χ4n) is 5.09. The number of ether oxygens (including phenoxy) is 4. The van der Waals surface area contributed by atoms with Crippen molar-refractivity contribution in [2.24, 2.45) is 5.92 Å². The number of fused-ring (bicyclic) bond motifs is 7. The molecule has 6 nitrogen and oxygen atoms in total. The van der Waals surface area contributed by atoms with Gasteiger partial charge in [0.1, 0.15) is 5.39 Å². The first kappa shape index (κ1) is 19.2. The second kappa shape index (κ2) is 6.73. The number of carbonyl (C=O) groups is 1. The van der Waals surface area contributed by atoms with Gasteiger partial charge >= 0.3 is 0 Å². The van der Waals surface area contributed by atoms with E-state index in [0.717, 1.165) is 57.8 Å². The molecule has 0 N–H and O–H groups in total. The Morgan fingerprint density at radius 3 is 2.53 bits per heavy atom. The highest BCUT2D eigenvalue weighted by Gasteiger charge is 2.38. The molecule has 0 amide bonds. The molecule has 32 heavy (non-hydrogen) atoms. The Hall–Kier alpha value is -3.54. The quantitative estimate of drug-likeness (QED) is 0.457. The molecule has 6 heteroatoms. The Morgan fingerprint density at radius 1 is 1.03 bits per heavy atom. The number of hydrogen-bond donors (Lipinski definition) is 0. The number of aromatic nitrogens is 1. The van der Waals surface area contributed by atoms with Gasteiger partial charge < -0.3 is 18.9 Å². The van der Waals surface area contributed by atoms with Gasteiger partial charge in [0.05, 0.1) is 11.1 Å². The molecule has 3 aliphatic heterocycles. The predicted molar refractivity (Wildman–Crippen MR) is 119 cm³/mol. The van der Waals surface area contributed by atoms with E-state index >= 15 is 0 Å². The molecule has 0 spiro atoms. The van der Waals surface area contributed by atoms with Crippen LogP contribution in [0.15, 0.2) is 30.8 Å². The molecule has 0 saturated carbocycles. The van der Waals surface area contributed by atoms with Gasteiger partial charge in [0, 0.05) is 23.3 Å². The van der Waals surface area contributed by atoms with E-state index in [9.17, 15) is 4.79 Å². The average Bonchev–Trinajstić information content (AvgIpc) is 3.45. The third-order valence-corrected chi connectivity index (χ3v) is 6.64. The Kier molecular flexibility index (Phi) is 4.03. The van der Waals surface area contributed by atoms with Crippen molar-refractivity contribution in [3.63, 3.8) is 0 Å². The summed E-state index contributed by atoms with van der Waals surface area (Å²) in [7, 11) is 0. The second-order valence-corrected chi connectivity index (χ2v) is 8.81. The first-order valence-electron chi connectivity index (χ1n) is 10.9. The lowest BCUT2D eigenvalue weighted by Crippen LogP contribution is -2.45. The smallest absolute Gasteiger partial charge is 0.231 e. The number of nitrogens with zero attached hydrogens (tertiary/aromatic N) is 1. The number of benzene rings is 2. The lowest BCUT2D eigenvalue weighted by atomic mass is 9.87. The highest BCUT2D eigenvalue weighted by molar-refractivity contribution is 6.23. The molecule has 0 unspecified atom stereocenters. The fourth-order valence-corrected chi connectivity index (χ4v) is 5.09. The molecular weight excluding hydrogens is 406 g/mol. The Balaban J connectivity index is 1.72. The van der Waals surface area contributed by atoms with Crippen LogP contribution >= 0.6 is 0 Å². The Bertz CT molecular complexity index is 1350. The summed E-state index contributed by atoms with van der Waals surface area (Å²) in [5.41, 5.74) is 5.81. The van der Waals surface area contributed by atoms with Crippen LogP contribution in [0.1, 0.15) is 30.7 Å². The van der Waals surface area contributed by atoms with Crippen LogP contribution in [0.4, 0.5) is 0 Å². The van der Waals surface area contributed by atoms with E-state index in [1.165, 1.54) is 5.56 Å². The van der Waals surface area contributed by atoms with E-state index < -0.39 is 0 Å². The van der Waals surface area contributed by atoms with Gasteiger partial charge in [0.2, 0.25) is 25.0 Å². The van der Waals surface area contributed by atoms with Gasteiger partial charge in [0.25, 0.3) is 0 Å². The van der Waals surface area contributed by atoms with Gasteiger partial charge in [-0.25, -0.2) is 0 Å². The number of rotatable bonds is 3. The maximum Gasteiger partial charge on any atom is 0.231 e. The summed E-state index contributed by atoms with van der Waals surface area (Å²) in [5, 5.41) is 1.92. The molecular formula is C26H24NO5+. The van der Waals surface area contributed by atoms with E-state index in [-0.39, 0.29) is 25.3 Å². The van der Waals surface area contributed by atoms with E-state index in [4.69, 9.17) is 18.9 Å². The van der Waals surface area contributed by atoms with Crippen LogP contribution in [-0.4, -0.2) is 19.4 Å². The molecule has 1 aromatic heterocycles. The largest absolute Gasteiger partial charge is 0.454 e. The summed E-state index contributed by atoms with van der Waals surface area (Å²) in [6.07, 6.45) is 0.817. The lowest BCUT2D eigenvalue weighted by Gasteiger charge is -2.22. The SMILES string of the molecule is C=C(C(=O)C(C)C)c1c2c3c(ccc2c(C)c2[n+]1CCc1cc4c(cc1-2)OCO4)OCO3. The lowest BCUT2D eigenvalue weighted by molar-refractivity contribution is -0.688. The molecule has 4 heterocycles. The predicted octanol–water partition coefficient (Wildman–Crippen LogP) is 4.35. The van der Waals surface area contributed by atoms with Crippen molar-refractivity contribution in [3.8, 4) is 34.3 Å². The summed E-state index contributed by atoms with van der Waals surface area (Å²) >= 11 is 0. The van der Waals surface area contributed by atoms with Crippen LogP contribution in [0, 0.1) is 12.8 Å². The maximum atomic E-state index is 13.1. The van der Waals surface area contributed by atoms with Crippen molar-refractivity contribution in [3.05, 3.63) is 47.7 Å².